The second-order valence-corrected chi connectivity index (χ2v) is 10.8. The monoisotopic (exact) mass is 454 g/mol. The number of anilines is 1. The number of thiazole rings is 1. The van der Waals surface area contributed by atoms with E-state index in [1.807, 2.05) is 36.5 Å². The predicted octanol–water partition coefficient (Wildman–Crippen LogP) is 4.02. The Morgan fingerprint density at radius 1 is 1.13 bits per heavy atom. The molecule has 0 aliphatic heterocycles. The molecule has 2 aromatic heterocycles. The molecule has 0 saturated heterocycles. The van der Waals surface area contributed by atoms with Gasteiger partial charge in [-0.1, -0.05) is 29.5 Å². The van der Waals surface area contributed by atoms with E-state index in [1.165, 1.54) is 23.5 Å². The molecule has 4 aromatic rings. The van der Waals surface area contributed by atoms with E-state index < -0.39 is 15.1 Å². The van der Waals surface area contributed by atoms with E-state index in [1.54, 1.807) is 41.8 Å². The normalized spacial score (nSPS) is 11.8. The van der Waals surface area contributed by atoms with Gasteiger partial charge in [0.25, 0.3) is 5.91 Å². The Bertz CT molecular complexity index is 1280. The van der Waals surface area contributed by atoms with Crippen molar-refractivity contribution in [3.05, 3.63) is 72.6 Å². The molecule has 0 spiro atoms. The second kappa shape index (κ2) is 8.60. The molecule has 1 amide bonds. The Morgan fingerprint density at radius 3 is 2.65 bits per heavy atom. The molecular formula is C22H22N4O3S2. The number of amides is 1. The van der Waals surface area contributed by atoms with Crippen LogP contribution in [0.25, 0.3) is 10.2 Å². The molecule has 0 N–H and O–H groups in total. The molecule has 0 radical (unpaired) electrons. The van der Waals surface area contributed by atoms with Crippen LogP contribution in [0.1, 0.15) is 24.2 Å². The molecule has 2 heterocycles. The predicted molar refractivity (Wildman–Crippen MR) is 122 cm³/mol. The number of nitrogens with zero attached hydrogens (tertiary/aromatic N) is 4. The van der Waals surface area contributed by atoms with Crippen LogP contribution >= 0.6 is 11.3 Å². The van der Waals surface area contributed by atoms with Gasteiger partial charge >= 0.3 is 0 Å². The quantitative estimate of drug-likeness (QED) is 0.421. The van der Waals surface area contributed by atoms with E-state index in [0.29, 0.717) is 23.8 Å². The van der Waals surface area contributed by atoms with E-state index >= 15 is 0 Å². The first kappa shape index (κ1) is 21.2. The van der Waals surface area contributed by atoms with E-state index in [2.05, 4.69) is 10.1 Å². The van der Waals surface area contributed by atoms with Gasteiger partial charge in [-0.05, 0) is 50.2 Å². The van der Waals surface area contributed by atoms with Crippen molar-refractivity contribution in [2.45, 2.75) is 30.5 Å². The molecule has 0 aliphatic rings. The van der Waals surface area contributed by atoms with Crippen molar-refractivity contribution >= 4 is 42.4 Å². The second-order valence-electron chi connectivity index (χ2n) is 7.31. The van der Waals surface area contributed by atoms with Gasteiger partial charge in [0.1, 0.15) is 0 Å². The lowest BCUT2D eigenvalue weighted by atomic mass is 10.2. The fourth-order valence-corrected chi connectivity index (χ4v) is 5.22. The zero-order valence-electron chi connectivity index (χ0n) is 17.2. The molecule has 4 rings (SSSR count). The summed E-state index contributed by atoms with van der Waals surface area (Å²) in [6.45, 7) is 4.09. The van der Waals surface area contributed by atoms with E-state index in [4.69, 9.17) is 0 Å². The maximum Gasteiger partial charge on any atom is 0.260 e. The lowest BCUT2D eigenvalue weighted by Gasteiger charge is -2.20. The lowest BCUT2D eigenvalue weighted by Crippen LogP contribution is -2.34. The summed E-state index contributed by atoms with van der Waals surface area (Å²) in [5.74, 6) is -0.299. The number of fused-ring (bicyclic) bond motifs is 1. The Labute approximate surface area is 184 Å². The van der Waals surface area contributed by atoms with Gasteiger partial charge in [-0.3, -0.25) is 14.4 Å². The highest BCUT2D eigenvalue weighted by molar-refractivity contribution is 7.92. The van der Waals surface area contributed by atoms with Gasteiger partial charge in [-0.25, -0.2) is 13.4 Å². The summed E-state index contributed by atoms with van der Waals surface area (Å²) in [6.07, 6.45) is 3.51. The third-order valence-electron chi connectivity index (χ3n) is 4.90. The minimum atomic E-state index is -3.49. The zero-order valence-corrected chi connectivity index (χ0v) is 18.8. The third kappa shape index (κ3) is 4.38. The van der Waals surface area contributed by atoms with E-state index in [-0.39, 0.29) is 10.8 Å². The zero-order chi connectivity index (χ0) is 22.0. The largest absolute Gasteiger partial charge is 0.282 e. The summed E-state index contributed by atoms with van der Waals surface area (Å²) < 4.78 is 27.9. The Morgan fingerprint density at radius 2 is 1.94 bits per heavy atom. The van der Waals surface area contributed by atoms with Crippen molar-refractivity contribution in [2.75, 3.05) is 11.4 Å². The molecule has 0 unspecified atom stereocenters. The summed E-state index contributed by atoms with van der Waals surface area (Å²) in [6, 6.07) is 15.7. The highest BCUT2D eigenvalue weighted by Crippen LogP contribution is 2.30. The number of sulfone groups is 1. The molecular weight excluding hydrogens is 432 g/mol. The number of para-hydroxylation sites is 1. The number of benzene rings is 2. The topological polar surface area (TPSA) is 85.2 Å². The van der Waals surface area contributed by atoms with Crippen molar-refractivity contribution in [2.24, 2.45) is 0 Å². The molecule has 0 fully saturated rings. The first-order valence-electron chi connectivity index (χ1n) is 9.85. The average molecular weight is 455 g/mol. The van der Waals surface area contributed by atoms with Crippen LogP contribution in [-0.2, 0) is 16.4 Å². The van der Waals surface area contributed by atoms with Crippen LogP contribution in [-0.4, -0.2) is 40.9 Å². The summed E-state index contributed by atoms with van der Waals surface area (Å²) in [7, 11) is -3.49. The first-order valence-corrected chi connectivity index (χ1v) is 12.2. The number of carbonyl (C=O) groups is 1. The van der Waals surface area contributed by atoms with Crippen LogP contribution in [0.15, 0.2) is 71.9 Å². The summed E-state index contributed by atoms with van der Waals surface area (Å²) >= 11 is 1.43. The first-order chi connectivity index (χ1) is 14.9. The van der Waals surface area contributed by atoms with E-state index in [9.17, 15) is 13.2 Å². The van der Waals surface area contributed by atoms with Crippen LogP contribution in [0, 0.1) is 0 Å². The van der Waals surface area contributed by atoms with Gasteiger partial charge in [0, 0.05) is 24.5 Å². The van der Waals surface area contributed by atoms with Gasteiger partial charge in [0.15, 0.2) is 15.0 Å². The van der Waals surface area contributed by atoms with E-state index in [0.717, 1.165) is 10.2 Å². The standard InChI is InChI=1S/C22H22N4O3S2/c1-16(2)31(28,29)18-8-5-7-17(15-18)21(27)26(14-13-25-12-6-11-23-25)22-24-19-9-3-4-10-20(19)30-22/h3-12,15-16H,13-14H2,1-2H3. The van der Waals surface area contributed by atoms with Crippen LogP contribution in [0.4, 0.5) is 5.13 Å². The van der Waals surface area contributed by atoms with Crippen molar-refractivity contribution in [3.8, 4) is 0 Å². The Balaban J connectivity index is 1.71. The highest BCUT2D eigenvalue weighted by atomic mass is 32.2. The smallest absolute Gasteiger partial charge is 0.260 e. The lowest BCUT2D eigenvalue weighted by molar-refractivity contribution is 0.0985. The van der Waals surface area contributed by atoms with Crippen LogP contribution < -0.4 is 4.90 Å². The summed E-state index contributed by atoms with van der Waals surface area (Å²) in [5, 5.41) is 4.20. The fourth-order valence-electron chi connectivity index (χ4n) is 3.13. The van der Waals surface area contributed by atoms with Crippen LogP contribution in [0.2, 0.25) is 0 Å². The molecule has 31 heavy (non-hydrogen) atoms. The maximum atomic E-state index is 13.5. The number of carbonyl (C=O) groups excluding carboxylic acids is 1. The fraction of sp³-hybridized carbons (Fsp3) is 0.227. The third-order valence-corrected chi connectivity index (χ3v) is 8.11. The van der Waals surface area contributed by atoms with Crippen molar-refractivity contribution in [3.63, 3.8) is 0 Å². The molecule has 7 nitrogen and oxygen atoms in total. The Kier molecular flexibility index (Phi) is 5.88. The van der Waals surface area contributed by atoms with Crippen molar-refractivity contribution in [1.29, 1.82) is 0 Å². The number of aromatic nitrogens is 3. The molecule has 160 valence electrons. The minimum absolute atomic E-state index is 0.143. The molecule has 0 saturated carbocycles. The molecule has 0 atom stereocenters. The molecule has 2 aromatic carbocycles. The average Bonchev–Trinajstić information content (AvgIpc) is 3.43. The number of rotatable bonds is 7. The van der Waals surface area contributed by atoms with Gasteiger partial charge in [0.2, 0.25) is 0 Å². The minimum Gasteiger partial charge on any atom is -0.282 e. The summed E-state index contributed by atoms with van der Waals surface area (Å²) in [4.78, 5) is 19.9. The molecule has 0 aliphatic carbocycles. The Hall–Kier alpha value is -3.04. The van der Waals surface area contributed by atoms with Gasteiger partial charge in [-0.15, -0.1) is 0 Å². The van der Waals surface area contributed by atoms with Crippen LogP contribution in [0.3, 0.4) is 0 Å². The molecule has 9 heteroatoms. The SMILES string of the molecule is CC(C)S(=O)(=O)c1cccc(C(=O)N(CCn2cccn2)c2nc3ccccc3s2)c1. The summed E-state index contributed by atoms with van der Waals surface area (Å²) in [5.41, 5.74) is 1.12. The van der Waals surface area contributed by atoms with Crippen molar-refractivity contribution < 1.29 is 13.2 Å². The van der Waals surface area contributed by atoms with Gasteiger partial charge in [0.05, 0.1) is 26.9 Å². The van der Waals surface area contributed by atoms with Gasteiger partial charge < -0.3 is 0 Å². The molecule has 0 bridgehead atoms. The number of hydrogen-bond donors (Lipinski definition) is 0. The van der Waals surface area contributed by atoms with Gasteiger partial charge in [-0.2, -0.15) is 5.10 Å². The van der Waals surface area contributed by atoms with Crippen molar-refractivity contribution in [1.82, 2.24) is 14.8 Å². The highest BCUT2D eigenvalue weighted by Gasteiger charge is 2.24. The maximum absolute atomic E-state index is 13.5. The van der Waals surface area contributed by atoms with Crippen LogP contribution in [0.5, 0.6) is 0 Å². The number of hydrogen-bond acceptors (Lipinski definition) is 6.